The van der Waals surface area contributed by atoms with Crippen molar-refractivity contribution in [3.63, 3.8) is 0 Å². The van der Waals surface area contributed by atoms with Crippen LogP contribution in [0, 0.1) is 0 Å². The predicted octanol–water partition coefficient (Wildman–Crippen LogP) is 3.94. The molecule has 0 aliphatic rings. The fourth-order valence-electron chi connectivity index (χ4n) is 1.24. The number of hydrogen-bond acceptors (Lipinski definition) is 1. The highest BCUT2D eigenvalue weighted by molar-refractivity contribution is 4.71. The van der Waals surface area contributed by atoms with E-state index in [4.69, 9.17) is 0 Å². The van der Waals surface area contributed by atoms with Crippen LogP contribution in [0.3, 0.4) is 0 Å². The minimum atomic E-state index is -4.07. The van der Waals surface area contributed by atoms with E-state index in [1.807, 2.05) is 0 Å². The third-order valence-electron chi connectivity index (χ3n) is 2.37. The molecular formula is C10H15F8N. The molecule has 1 N–H and O–H groups in total. The third kappa shape index (κ3) is 7.54. The molecule has 0 amide bonds. The molecule has 0 aromatic carbocycles. The Morgan fingerprint density at radius 3 is 1.26 bits per heavy atom. The zero-order valence-electron chi connectivity index (χ0n) is 9.92. The molecule has 0 unspecified atom stereocenters. The standard InChI is InChI=1S/C10H15F8N/c11-7(12)9(15,16)3-1-5-19-6-2-4-10(17,18)8(13)14/h7-8,19H,1-6H2. The first kappa shape index (κ1) is 18.4. The fraction of sp³-hybridized carbons (Fsp3) is 1.00. The summed E-state index contributed by atoms with van der Waals surface area (Å²) in [7, 11) is 0. The molecule has 0 saturated carbocycles. The molecule has 0 atom stereocenters. The molecule has 19 heavy (non-hydrogen) atoms. The molecule has 0 aromatic rings. The summed E-state index contributed by atoms with van der Waals surface area (Å²) in [6, 6.07) is 0. The smallest absolute Gasteiger partial charge is 0.307 e. The van der Waals surface area contributed by atoms with Gasteiger partial charge >= 0.3 is 24.7 Å². The SMILES string of the molecule is FC(F)C(F)(F)CCCNCCCC(F)(F)C(F)F. The lowest BCUT2D eigenvalue weighted by Gasteiger charge is -2.16. The van der Waals surface area contributed by atoms with Crippen LogP contribution >= 0.6 is 0 Å². The molecule has 0 aliphatic carbocycles. The second-order valence-corrected chi connectivity index (χ2v) is 4.08. The maximum atomic E-state index is 12.4. The van der Waals surface area contributed by atoms with Gasteiger partial charge in [0.1, 0.15) is 0 Å². The van der Waals surface area contributed by atoms with Crippen LogP contribution in [0.1, 0.15) is 25.7 Å². The molecule has 0 heterocycles. The summed E-state index contributed by atoms with van der Waals surface area (Å²) >= 11 is 0. The van der Waals surface area contributed by atoms with Gasteiger partial charge in [-0.15, -0.1) is 0 Å². The van der Waals surface area contributed by atoms with Gasteiger partial charge in [0.25, 0.3) is 0 Å². The van der Waals surface area contributed by atoms with Crippen LogP contribution in [0.4, 0.5) is 35.1 Å². The first-order valence-corrected chi connectivity index (χ1v) is 5.62. The van der Waals surface area contributed by atoms with Crippen LogP contribution in [0.25, 0.3) is 0 Å². The summed E-state index contributed by atoms with van der Waals surface area (Å²) < 4.78 is 96.5. The Bertz CT molecular complexity index is 220. The van der Waals surface area contributed by atoms with Crippen molar-refractivity contribution in [2.24, 2.45) is 0 Å². The maximum absolute atomic E-state index is 12.4. The number of halogens is 8. The van der Waals surface area contributed by atoms with E-state index >= 15 is 0 Å². The van der Waals surface area contributed by atoms with Crippen LogP contribution in [0.2, 0.25) is 0 Å². The maximum Gasteiger partial charge on any atom is 0.307 e. The van der Waals surface area contributed by atoms with E-state index in [0.29, 0.717) is 0 Å². The molecule has 0 aromatic heterocycles. The molecule has 0 bridgehead atoms. The largest absolute Gasteiger partial charge is 0.317 e. The van der Waals surface area contributed by atoms with Crippen LogP contribution < -0.4 is 5.32 Å². The zero-order chi connectivity index (χ0) is 15.1. The van der Waals surface area contributed by atoms with Gasteiger partial charge in [-0.1, -0.05) is 0 Å². The Morgan fingerprint density at radius 1 is 0.684 bits per heavy atom. The first-order valence-electron chi connectivity index (χ1n) is 5.62. The Hall–Kier alpha value is -0.600. The Kier molecular flexibility index (Phi) is 7.61. The molecule has 0 radical (unpaired) electrons. The van der Waals surface area contributed by atoms with Crippen molar-refractivity contribution in [1.82, 2.24) is 5.32 Å². The van der Waals surface area contributed by atoms with Gasteiger partial charge in [0.2, 0.25) is 0 Å². The lowest BCUT2D eigenvalue weighted by atomic mass is 10.1. The van der Waals surface area contributed by atoms with Gasteiger partial charge in [-0.3, -0.25) is 0 Å². The van der Waals surface area contributed by atoms with Gasteiger partial charge in [-0.2, -0.15) is 0 Å². The van der Waals surface area contributed by atoms with Crippen molar-refractivity contribution in [3.8, 4) is 0 Å². The number of hydrogen-bond donors (Lipinski definition) is 1. The Balaban J connectivity index is 3.57. The van der Waals surface area contributed by atoms with E-state index in [0.717, 1.165) is 0 Å². The average molecular weight is 301 g/mol. The predicted molar refractivity (Wildman–Crippen MR) is 53.2 cm³/mol. The highest BCUT2D eigenvalue weighted by atomic mass is 19.3. The van der Waals surface area contributed by atoms with Gasteiger partial charge in [0.15, 0.2) is 0 Å². The number of alkyl halides is 8. The third-order valence-corrected chi connectivity index (χ3v) is 2.37. The summed E-state index contributed by atoms with van der Waals surface area (Å²) in [5.74, 6) is -8.13. The van der Waals surface area contributed by atoms with E-state index in [-0.39, 0.29) is 25.9 Å². The number of nitrogens with one attached hydrogen (secondary N) is 1. The Labute approximate surface area is 105 Å². The highest BCUT2D eigenvalue weighted by Gasteiger charge is 2.40. The summed E-state index contributed by atoms with van der Waals surface area (Å²) in [6.45, 7) is -0.134. The lowest BCUT2D eigenvalue weighted by Crippen LogP contribution is -2.29. The van der Waals surface area contributed by atoms with Gasteiger partial charge in [0.05, 0.1) is 0 Å². The van der Waals surface area contributed by atoms with Crippen LogP contribution in [-0.4, -0.2) is 37.8 Å². The molecule has 0 saturated heterocycles. The molecule has 0 spiro atoms. The Morgan fingerprint density at radius 2 is 1.00 bits per heavy atom. The highest BCUT2D eigenvalue weighted by Crippen LogP contribution is 2.28. The molecule has 0 rings (SSSR count). The summed E-state index contributed by atoms with van der Waals surface area (Å²) in [5.41, 5.74) is 0. The normalized spacial score (nSPS) is 13.6. The van der Waals surface area contributed by atoms with E-state index in [9.17, 15) is 35.1 Å². The minimum Gasteiger partial charge on any atom is -0.317 e. The monoisotopic (exact) mass is 301 g/mol. The van der Waals surface area contributed by atoms with Gasteiger partial charge in [-0.25, -0.2) is 35.1 Å². The van der Waals surface area contributed by atoms with Crippen molar-refractivity contribution >= 4 is 0 Å². The molecule has 0 fully saturated rings. The van der Waals surface area contributed by atoms with Crippen LogP contribution in [0.15, 0.2) is 0 Å². The second kappa shape index (κ2) is 7.86. The molecule has 116 valence electrons. The van der Waals surface area contributed by atoms with Crippen molar-refractivity contribution in [2.75, 3.05) is 13.1 Å². The first-order chi connectivity index (χ1) is 8.59. The van der Waals surface area contributed by atoms with Crippen LogP contribution in [0.5, 0.6) is 0 Å². The van der Waals surface area contributed by atoms with Crippen molar-refractivity contribution < 1.29 is 35.1 Å². The summed E-state index contributed by atoms with van der Waals surface area (Å²) in [4.78, 5) is 0. The lowest BCUT2D eigenvalue weighted by molar-refractivity contribution is -0.134. The minimum absolute atomic E-state index is 0.0669. The molecule has 0 aliphatic heterocycles. The molecule has 1 nitrogen and oxygen atoms in total. The van der Waals surface area contributed by atoms with Crippen LogP contribution in [-0.2, 0) is 0 Å². The fourth-order valence-corrected chi connectivity index (χ4v) is 1.24. The topological polar surface area (TPSA) is 12.0 Å². The average Bonchev–Trinajstić information content (AvgIpc) is 2.27. The van der Waals surface area contributed by atoms with E-state index < -0.39 is 37.5 Å². The molecular weight excluding hydrogens is 286 g/mol. The van der Waals surface area contributed by atoms with Crippen molar-refractivity contribution in [3.05, 3.63) is 0 Å². The summed E-state index contributed by atoms with van der Waals surface area (Å²) in [5, 5.41) is 2.45. The van der Waals surface area contributed by atoms with Crippen molar-refractivity contribution in [1.29, 1.82) is 0 Å². The molecule has 9 heteroatoms. The van der Waals surface area contributed by atoms with E-state index in [1.54, 1.807) is 0 Å². The van der Waals surface area contributed by atoms with Gasteiger partial charge in [-0.05, 0) is 25.9 Å². The van der Waals surface area contributed by atoms with Gasteiger partial charge < -0.3 is 5.32 Å². The van der Waals surface area contributed by atoms with E-state index in [2.05, 4.69) is 5.32 Å². The summed E-state index contributed by atoms with van der Waals surface area (Å²) in [6.07, 6.45) is -10.0. The quantitative estimate of drug-likeness (QED) is 0.476. The van der Waals surface area contributed by atoms with Crippen molar-refractivity contribution in [2.45, 2.75) is 50.4 Å². The second-order valence-electron chi connectivity index (χ2n) is 4.08. The van der Waals surface area contributed by atoms with Gasteiger partial charge in [0, 0.05) is 12.8 Å². The number of rotatable bonds is 10. The van der Waals surface area contributed by atoms with E-state index in [1.165, 1.54) is 0 Å². The zero-order valence-corrected chi connectivity index (χ0v) is 9.92.